The van der Waals surface area contributed by atoms with Crippen LogP contribution in [0.4, 0.5) is 0 Å². The zero-order valence-electron chi connectivity index (χ0n) is 12.8. The summed E-state index contributed by atoms with van der Waals surface area (Å²) in [5.74, 6) is 0. The molecular weight excluding hydrogens is 238 g/mol. The summed E-state index contributed by atoms with van der Waals surface area (Å²) in [6.07, 6.45) is 0.685. The number of methoxy groups -OCH3 is 1. The molecule has 0 fully saturated rings. The van der Waals surface area contributed by atoms with Crippen molar-refractivity contribution in [2.24, 2.45) is 0 Å². The van der Waals surface area contributed by atoms with Gasteiger partial charge in [-0.2, -0.15) is 0 Å². The highest BCUT2D eigenvalue weighted by Crippen LogP contribution is 2.18. The van der Waals surface area contributed by atoms with E-state index in [1.807, 2.05) is 0 Å². The fourth-order valence-electron chi connectivity index (χ4n) is 2.57. The summed E-state index contributed by atoms with van der Waals surface area (Å²) in [7, 11) is 1.69. The lowest BCUT2D eigenvalue weighted by Gasteiger charge is -2.30. The van der Waals surface area contributed by atoms with Crippen LogP contribution in [0.5, 0.6) is 0 Å². The van der Waals surface area contributed by atoms with Gasteiger partial charge in [0, 0.05) is 25.8 Å². The molecule has 0 bridgehead atoms. The van der Waals surface area contributed by atoms with E-state index in [1.54, 1.807) is 7.11 Å². The second kappa shape index (κ2) is 7.04. The van der Waals surface area contributed by atoms with E-state index in [4.69, 9.17) is 4.74 Å². The largest absolute Gasteiger partial charge is 0.396 e. The van der Waals surface area contributed by atoms with Crippen molar-refractivity contribution in [3.05, 3.63) is 34.4 Å². The maximum absolute atomic E-state index is 9.18. The van der Waals surface area contributed by atoms with Crippen LogP contribution in [0.3, 0.4) is 0 Å². The minimum absolute atomic E-state index is 0.165. The summed E-state index contributed by atoms with van der Waals surface area (Å²) in [6, 6.07) is 4.42. The number of aryl methyl sites for hydroxylation is 3. The van der Waals surface area contributed by atoms with Crippen molar-refractivity contribution < 1.29 is 9.84 Å². The van der Waals surface area contributed by atoms with Crippen LogP contribution in [-0.2, 0) is 11.3 Å². The molecule has 1 aromatic rings. The number of hydrogen-bond acceptors (Lipinski definition) is 3. The van der Waals surface area contributed by atoms with E-state index in [0.717, 1.165) is 6.54 Å². The number of rotatable bonds is 7. The van der Waals surface area contributed by atoms with E-state index in [0.29, 0.717) is 13.0 Å². The molecule has 1 aromatic carbocycles. The highest BCUT2D eigenvalue weighted by molar-refractivity contribution is 5.37. The summed E-state index contributed by atoms with van der Waals surface area (Å²) in [4.78, 5) is 0. The van der Waals surface area contributed by atoms with Crippen LogP contribution >= 0.6 is 0 Å². The highest BCUT2D eigenvalue weighted by Gasteiger charge is 2.23. The Morgan fingerprint density at radius 3 is 2.26 bits per heavy atom. The lowest BCUT2D eigenvalue weighted by Crippen LogP contribution is -2.46. The highest BCUT2D eigenvalue weighted by atomic mass is 16.5. The number of aliphatic hydroxyl groups excluding tert-OH is 1. The number of benzene rings is 1. The van der Waals surface area contributed by atoms with E-state index in [1.165, 1.54) is 22.3 Å². The second-order valence-corrected chi connectivity index (χ2v) is 5.70. The van der Waals surface area contributed by atoms with Gasteiger partial charge in [0.25, 0.3) is 0 Å². The Kier molecular flexibility index (Phi) is 5.98. The summed E-state index contributed by atoms with van der Waals surface area (Å²) < 4.78 is 5.25. The zero-order valence-corrected chi connectivity index (χ0v) is 12.8. The quantitative estimate of drug-likeness (QED) is 0.796. The summed E-state index contributed by atoms with van der Waals surface area (Å²) in [5, 5.41) is 12.7. The third-order valence-corrected chi connectivity index (χ3v) is 3.66. The van der Waals surface area contributed by atoms with Crippen molar-refractivity contribution in [3.63, 3.8) is 0 Å². The molecule has 0 saturated heterocycles. The molecule has 0 heterocycles. The average Bonchev–Trinajstić information content (AvgIpc) is 2.27. The molecule has 2 N–H and O–H groups in total. The maximum Gasteiger partial charge on any atom is 0.0642 e. The van der Waals surface area contributed by atoms with Crippen LogP contribution in [-0.4, -0.2) is 31.0 Å². The van der Waals surface area contributed by atoms with E-state index in [2.05, 4.69) is 45.1 Å². The molecule has 3 heteroatoms. The van der Waals surface area contributed by atoms with E-state index in [-0.39, 0.29) is 12.1 Å². The maximum atomic E-state index is 9.18. The zero-order chi connectivity index (χ0) is 14.5. The van der Waals surface area contributed by atoms with Crippen LogP contribution in [0.15, 0.2) is 12.1 Å². The molecule has 0 saturated carbocycles. The molecule has 1 rings (SSSR count). The number of nitrogens with one attached hydrogen (secondary N) is 1. The molecule has 0 radical (unpaired) electrons. The fourth-order valence-corrected chi connectivity index (χ4v) is 2.57. The molecule has 0 aromatic heterocycles. The second-order valence-electron chi connectivity index (χ2n) is 5.70. The predicted octanol–water partition coefficient (Wildman–Crippen LogP) is 2.49. The van der Waals surface area contributed by atoms with Crippen molar-refractivity contribution in [1.82, 2.24) is 5.32 Å². The standard InChI is InChI=1S/C16H27NO2/c1-12-8-13(2)15(14(3)9-12)10-17-16(4,6-7-18)11-19-5/h8-9,17-18H,6-7,10-11H2,1-5H3. The van der Waals surface area contributed by atoms with Gasteiger partial charge < -0.3 is 15.2 Å². The molecule has 0 aliphatic carbocycles. The van der Waals surface area contributed by atoms with Crippen LogP contribution in [0.2, 0.25) is 0 Å². The Morgan fingerprint density at radius 2 is 1.79 bits per heavy atom. The van der Waals surface area contributed by atoms with Gasteiger partial charge in [0.2, 0.25) is 0 Å². The first kappa shape index (κ1) is 16.2. The Hall–Kier alpha value is -0.900. The van der Waals surface area contributed by atoms with E-state index in [9.17, 15) is 5.11 Å². The lowest BCUT2D eigenvalue weighted by atomic mass is 9.96. The third-order valence-electron chi connectivity index (χ3n) is 3.66. The average molecular weight is 265 g/mol. The van der Waals surface area contributed by atoms with Crippen molar-refractivity contribution in [2.45, 2.75) is 46.2 Å². The Bertz CT molecular complexity index is 386. The minimum Gasteiger partial charge on any atom is -0.396 e. The first-order valence-electron chi connectivity index (χ1n) is 6.83. The van der Waals surface area contributed by atoms with Gasteiger partial charge in [-0.25, -0.2) is 0 Å². The van der Waals surface area contributed by atoms with E-state index >= 15 is 0 Å². The topological polar surface area (TPSA) is 41.5 Å². The summed E-state index contributed by atoms with van der Waals surface area (Å²) in [6.45, 7) is 10.1. The van der Waals surface area contributed by atoms with Crippen LogP contribution in [0.1, 0.15) is 35.6 Å². The molecule has 108 valence electrons. The Balaban J connectivity index is 2.80. The molecule has 3 nitrogen and oxygen atoms in total. The molecule has 0 spiro atoms. The Labute approximate surface area is 117 Å². The van der Waals surface area contributed by atoms with Crippen LogP contribution < -0.4 is 5.32 Å². The van der Waals surface area contributed by atoms with Gasteiger partial charge >= 0.3 is 0 Å². The van der Waals surface area contributed by atoms with Crippen molar-refractivity contribution >= 4 is 0 Å². The van der Waals surface area contributed by atoms with Gasteiger partial charge in [-0.3, -0.25) is 0 Å². The van der Waals surface area contributed by atoms with Gasteiger partial charge in [0.1, 0.15) is 0 Å². The first-order chi connectivity index (χ1) is 8.91. The molecule has 0 aliphatic rings. The third kappa shape index (κ3) is 4.60. The van der Waals surface area contributed by atoms with Gasteiger partial charge in [-0.1, -0.05) is 17.7 Å². The summed E-state index contributed by atoms with van der Waals surface area (Å²) >= 11 is 0. The minimum atomic E-state index is -0.187. The van der Waals surface area contributed by atoms with Crippen molar-refractivity contribution in [2.75, 3.05) is 20.3 Å². The number of ether oxygens (including phenoxy) is 1. The molecular formula is C16H27NO2. The molecule has 1 unspecified atom stereocenters. The van der Waals surface area contributed by atoms with Gasteiger partial charge in [0.15, 0.2) is 0 Å². The SMILES string of the molecule is COCC(C)(CCO)NCc1c(C)cc(C)cc1C. The Morgan fingerprint density at radius 1 is 1.21 bits per heavy atom. The monoisotopic (exact) mass is 265 g/mol. The van der Waals surface area contributed by atoms with Crippen molar-refractivity contribution in [3.8, 4) is 0 Å². The summed E-state index contributed by atoms with van der Waals surface area (Å²) in [5.41, 5.74) is 5.08. The molecule has 19 heavy (non-hydrogen) atoms. The van der Waals surface area contributed by atoms with Gasteiger partial charge in [-0.05, 0) is 50.8 Å². The van der Waals surface area contributed by atoms with E-state index < -0.39 is 0 Å². The molecule has 0 amide bonds. The fraction of sp³-hybridized carbons (Fsp3) is 0.625. The first-order valence-corrected chi connectivity index (χ1v) is 6.83. The smallest absolute Gasteiger partial charge is 0.0642 e. The lowest BCUT2D eigenvalue weighted by molar-refractivity contribution is 0.0969. The molecule has 1 atom stereocenters. The number of aliphatic hydroxyl groups is 1. The van der Waals surface area contributed by atoms with Crippen LogP contribution in [0.25, 0.3) is 0 Å². The van der Waals surface area contributed by atoms with Crippen LogP contribution in [0, 0.1) is 20.8 Å². The normalized spacial score (nSPS) is 14.4. The van der Waals surface area contributed by atoms with Gasteiger partial charge in [0.05, 0.1) is 6.61 Å². The van der Waals surface area contributed by atoms with Crippen molar-refractivity contribution in [1.29, 1.82) is 0 Å². The predicted molar refractivity (Wildman–Crippen MR) is 79.5 cm³/mol. The number of hydrogen-bond donors (Lipinski definition) is 2. The van der Waals surface area contributed by atoms with Gasteiger partial charge in [-0.15, -0.1) is 0 Å². The molecule has 0 aliphatic heterocycles.